The molecule has 8 heteroatoms. The van der Waals surface area contributed by atoms with E-state index in [0.717, 1.165) is 18.0 Å². The maximum Gasteiger partial charge on any atom is 0.291 e. The number of aromatic nitrogens is 2. The van der Waals surface area contributed by atoms with Gasteiger partial charge in [0.2, 0.25) is 0 Å². The fraction of sp³-hybridized carbons (Fsp3) is 0.500. The van der Waals surface area contributed by atoms with Gasteiger partial charge in [-0.15, -0.1) is 10.1 Å². The van der Waals surface area contributed by atoms with Crippen molar-refractivity contribution in [1.82, 2.24) is 9.55 Å². The maximum atomic E-state index is 8.36. The molecule has 0 aliphatic rings. The Labute approximate surface area is 163 Å². The SMILES string of the molecule is CCCCCCCC(Cn1ccnc1)c1ccc(Cl)cc1Cl.O=[N+]([O-])O. The molecule has 1 atom stereocenters. The minimum Gasteiger partial charge on any atom is -0.337 e. The standard InChI is InChI=1S/C18H24Cl2N2.HNO3/c1-2-3-4-5-6-7-15(13-22-11-10-21-14-22)17-9-8-16(19)12-18(17)20;2-1(3)4/h8-12,14-15H,2-7,13H2,1H3;(H,2,3,4). The van der Waals surface area contributed by atoms with E-state index in [1.54, 1.807) is 0 Å². The van der Waals surface area contributed by atoms with Gasteiger partial charge in [0.15, 0.2) is 0 Å². The van der Waals surface area contributed by atoms with Crippen molar-refractivity contribution in [1.29, 1.82) is 0 Å². The number of hydrogen-bond donors (Lipinski definition) is 1. The highest BCUT2D eigenvalue weighted by Gasteiger charge is 2.15. The molecule has 0 aliphatic carbocycles. The molecule has 2 rings (SSSR count). The molecule has 1 N–H and O–H groups in total. The highest BCUT2D eigenvalue weighted by molar-refractivity contribution is 6.35. The Hall–Kier alpha value is -1.79. The molecule has 0 fully saturated rings. The Morgan fingerprint density at radius 2 is 1.96 bits per heavy atom. The third-order valence-corrected chi connectivity index (χ3v) is 4.61. The molecular weight excluding hydrogens is 377 g/mol. The second kappa shape index (κ2) is 12.5. The van der Waals surface area contributed by atoms with Gasteiger partial charge in [0, 0.05) is 34.9 Å². The zero-order valence-corrected chi connectivity index (χ0v) is 16.4. The Bertz CT molecular complexity index is 647. The van der Waals surface area contributed by atoms with Crippen LogP contribution in [-0.4, -0.2) is 19.8 Å². The molecule has 0 aliphatic heterocycles. The quantitative estimate of drug-likeness (QED) is 0.317. The molecular formula is C18H25Cl2N3O3. The van der Waals surface area contributed by atoms with Crippen molar-refractivity contribution in [2.75, 3.05) is 0 Å². The van der Waals surface area contributed by atoms with E-state index in [1.807, 2.05) is 30.9 Å². The molecule has 0 spiro atoms. The first-order valence-corrected chi connectivity index (χ1v) is 9.43. The average Bonchev–Trinajstić information content (AvgIpc) is 3.06. The molecule has 0 amide bonds. The summed E-state index contributed by atoms with van der Waals surface area (Å²) >= 11 is 12.4. The summed E-state index contributed by atoms with van der Waals surface area (Å²) in [6.45, 7) is 3.16. The van der Waals surface area contributed by atoms with E-state index < -0.39 is 5.09 Å². The van der Waals surface area contributed by atoms with E-state index >= 15 is 0 Å². The number of nitrogens with zero attached hydrogens (tertiary/aromatic N) is 3. The number of unbranched alkanes of at least 4 members (excludes halogenated alkanes) is 4. The van der Waals surface area contributed by atoms with Crippen LogP contribution in [0.4, 0.5) is 0 Å². The van der Waals surface area contributed by atoms with E-state index in [1.165, 1.54) is 37.7 Å². The Balaban J connectivity index is 0.000000765. The second-order valence-corrected chi connectivity index (χ2v) is 6.91. The first kappa shape index (κ1) is 22.3. The van der Waals surface area contributed by atoms with Crippen molar-refractivity contribution in [3.63, 3.8) is 0 Å². The average molecular weight is 402 g/mol. The van der Waals surface area contributed by atoms with Crippen molar-refractivity contribution in [3.8, 4) is 0 Å². The molecule has 1 unspecified atom stereocenters. The fourth-order valence-electron chi connectivity index (χ4n) is 2.82. The topological polar surface area (TPSA) is 81.2 Å². The summed E-state index contributed by atoms with van der Waals surface area (Å²) < 4.78 is 2.13. The van der Waals surface area contributed by atoms with Crippen molar-refractivity contribution < 1.29 is 10.3 Å². The predicted octanol–water partition coefficient (Wildman–Crippen LogP) is 5.99. The molecule has 1 aromatic carbocycles. The van der Waals surface area contributed by atoms with E-state index in [9.17, 15) is 0 Å². The van der Waals surface area contributed by atoms with Crippen molar-refractivity contribution >= 4 is 23.2 Å². The Morgan fingerprint density at radius 1 is 1.27 bits per heavy atom. The molecule has 0 radical (unpaired) electrons. The third-order valence-electron chi connectivity index (χ3n) is 4.05. The molecule has 1 heterocycles. The molecule has 0 saturated heterocycles. The van der Waals surface area contributed by atoms with Crippen LogP contribution in [0.3, 0.4) is 0 Å². The minimum absolute atomic E-state index is 0.403. The molecule has 1 aromatic heterocycles. The van der Waals surface area contributed by atoms with Crippen LogP contribution in [0.25, 0.3) is 0 Å². The zero-order chi connectivity index (χ0) is 19.4. The van der Waals surface area contributed by atoms with Crippen molar-refractivity contribution in [3.05, 3.63) is 62.6 Å². The molecule has 0 bridgehead atoms. The van der Waals surface area contributed by atoms with Crippen LogP contribution >= 0.6 is 23.2 Å². The van der Waals surface area contributed by atoms with Crippen molar-refractivity contribution in [2.45, 2.75) is 57.9 Å². The molecule has 0 saturated carbocycles. The van der Waals surface area contributed by atoms with Crippen LogP contribution in [0.15, 0.2) is 36.9 Å². The zero-order valence-electron chi connectivity index (χ0n) is 14.9. The van der Waals surface area contributed by atoms with Crippen molar-refractivity contribution in [2.24, 2.45) is 0 Å². The van der Waals surface area contributed by atoms with Gasteiger partial charge in [-0.1, -0.05) is 68.3 Å². The summed E-state index contributed by atoms with van der Waals surface area (Å²) in [4.78, 5) is 12.5. The summed E-state index contributed by atoms with van der Waals surface area (Å²) in [7, 11) is 0. The van der Waals surface area contributed by atoms with Gasteiger partial charge in [-0.2, -0.15) is 0 Å². The second-order valence-electron chi connectivity index (χ2n) is 6.06. The molecule has 26 heavy (non-hydrogen) atoms. The van der Waals surface area contributed by atoms with Gasteiger partial charge < -0.3 is 9.77 Å². The van der Waals surface area contributed by atoms with Gasteiger partial charge in [0.05, 0.1) is 6.33 Å². The van der Waals surface area contributed by atoms with Gasteiger partial charge >= 0.3 is 0 Å². The van der Waals surface area contributed by atoms with Gasteiger partial charge in [0.25, 0.3) is 5.09 Å². The van der Waals surface area contributed by atoms with Crippen LogP contribution in [0, 0.1) is 10.1 Å². The summed E-state index contributed by atoms with van der Waals surface area (Å²) in [5.41, 5.74) is 1.19. The largest absolute Gasteiger partial charge is 0.337 e. The Morgan fingerprint density at radius 3 is 2.54 bits per heavy atom. The van der Waals surface area contributed by atoms with Gasteiger partial charge in [-0.05, 0) is 24.1 Å². The van der Waals surface area contributed by atoms with Crippen LogP contribution < -0.4 is 0 Å². The van der Waals surface area contributed by atoms with Crippen LogP contribution in [0.1, 0.15) is 56.9 Å². The first-order chi connectivity index (χ1) is 12.4. The number of imidazole rings is 1. The van der Waals surface area contributed by atoms with Crippen LogP contribution in [0.2, 0.25) is 10.0 Å². The summed E-state index contributed by atoms with van der Waals surface area (Å²) in [6, 6.07) is 5.84. The number of halogens is 2. The number of hydrogen-bond acceptors (Lipinski definition) is 3. The number of benzene rings is 1. The van der Waals surface area contributed by atoms with Gasteiger partial charge in [0.1, 0.15) is 0 Å². The fourth-order valence-corrected chi connectivity index (χ4v) is 3.38. The van der Waals surface area contributed by atoms with Crippen LogP contribution in [-0.2, 0) is 6.54 Å². The first-order valence-electron chi connectivity index (χ1n) is 8.68. The lowest BCUT2D eigenvalue weighted by molar-refractivity contribution is -0.742. The van der Waals surface area contributed by atoms with Gasteiger partial charge in [-0.25, -0.2) is 4.98 Å². The molecule has 2 aromatic rings. The lowest BCUT2D eigenvalue weighted by Crippen LogP contribution is -2.09. The number of rotatable bonds is 9. The predicted molar refractivity (Wildman–Crippen MR) is 104 cm³/mol. The van der Waals surface area contributed by atoms with Gasteiger partial charge in [-0.3, -0.25) is 0 Å². The maximum absolute atomic E-state index is 8.36. The monoisotopic (exact) mass is 401 g/mol. The summed E-state index contributed by atoms with van der Waals surface area (Å²) in [6.07, 6.45) is 13.3. The molecule has 144 valence electrons. The normalized spacial score (nSPS) is 11.5. The lowest BCUT2D eigenvalue weighted by atomic mass is 9.92. The smallest absolute Gasteiger partial charge is 0.291 e. The van der Waals surface area contributed by atoms with E-state index in [4.69, 9.17) is 38.5 Å². The summed E-state index contributed by atoms with van der Waals surface area (Å²) in [5.74, 6) is 0.403. The summed E-state index contributed by atoms with van der Waals surface area (Å²) in [5, 5.41) is 15.1. The minimum atomic E-state index is -1.50. The van der Waals surface area contributed by atoms with Crippen LogP contribution in [0.5, 0.6) is 0 Å². The van der Waals surface area contributed by atoms with E-state index in [0.29, 0.717) is 10.9 Å². The van der Waals surface area contributed by atoms with E-state index in [2.05, 4.69) is 22.5 Å². The lowest BCUT2D eigenvalue weighted by Gasteiger charge is -2.19. The third kappa shape index (κ3) is 9.06. The Kier molecular flexibility index (Phi) is 10.7. The molecule has 6 nitrogen and oxygen atoms in total. The highest BCUT2D eigenvalue weighted by Crippen LogP contribution is 2.32. The van der Waals surface area contributed by atoms with E-state index in [-0.39, 0.29) is 0 Å². The highest BCUT2D eigenvalue weighted by atomic mass is 35.5.